The zero-order valence-electron chi connectivity index (χ0n) is 19.0. The van der Waals surface area contributed by atoms with E-state index in [-0.39, 0.29) is 11.3 Å². The van der Waals surface area contributed by atoms with Crippen LogP contribution in [-0.2, 0) is 19.6 Å². The molecule has 0 bridgehead atoms. The highest BCUT2D eigenvalue weighted by Gasteiger charge is 2.36. The summed E-state index contributed by atoms with van der Waals surface area (Å²) in [6, 6.07) is 17.8. The number of fused-ring (bicyclic) bond motifs is 1. The number of halogens is 1. The summed E-state index contributed by atoms with van der Waals surface area (Å²) in [5.41, 5.74) is 9.80. The van der Waals surface area contributed by atoms with Crippen molar-refractivity contribution in [3.63, 3.8) is 0 Å². The van der Waals surface area contributed by atoms with Gasteiger partial charge in [0.05, 0.1) is 41.3 Å². The van der Waals surface area contributed by atoms with Crippen molar-refractivity contribution in [2.75, 3.05) is 0 Å². The maximum atomic E-state index is 12.7. The van der Waals surface area contributed by atoms with Gasteiger partial charge >= 0.3 is 0 Å². The first-order valence-electron chi connectivity index (χ1n) is 10.7. The first kappa shape index (κ1) is 22.5. The molecule has 0 saturated heterocycles. The SMILES string of the molecule is Cn1cncc1[C@@](N)(c1ccc(Cl)cc1)c1cc2c(-c3cccc(C#N)n3)cc(=O)n(C)c2cn1. The van der Waals surface area contributed by atoms with Gasteiger partial charge in [0.15, 0.2) is 0 Å². The minimum atomic E-state index is -1.17. The number of pyridine rings is 3. The zero-order valence-corrected chi connectivity index (χ0v) is 19.7. The number of hydrogen-bond acceptors (Lipinski definition) is 6. The largest absolute Gasteiger partial charge is 0.335 e. The Labute approximate surface area is 205 Å². The van der Waals surface area contributed by atoms with Gasteiger partial charge in [-0.3, -0.25) is 9.78 Å². The lowest BCUT2D eigenvalue weighted by Gasteiger charge is -2.30. The minimum Gasteiger partial charge on any atom is -0.335 e. The van der Waals surface area contributed by atoms with Crippen molar-refractivity contribution in [1.29, 1.82) is 5.26 Å². The molecule has 0 amide bonds. The van der Waals surface area contributed by atoms with Gasteiger partial charge in [-0.05, 0) is 35.9 Å². The van der Waals surface area contributed by atoms with Crippen LogP contribution in [0.5, 0.6) is 0 Å². The number of nitrogens with zero attached hydrogens (tertiary/aromatic N) is 6. The van der Waals surface area contributed by atoms with Crippen LogP contribution in [0.4, 0.5) is 0 Å². The molecule has 8 nitrogen and oxygen atoms in total. The number of hydrogen-bond donors (Lipinski definition) is 1. The maximum absolute atomic E-state index is 12.7. The van der Waals surface area contributed by atoms with E-state index in [0.29, 0.717) is 27.5 Å². The average molecular weight is 482 g/mol. The molecule has 5 rings (SSSR count). The van der Waals surface area contributed by atoms with Crippen molar-refractivity contribution in [1.82, 2.24) is 24.1 Å². The standard InChI is InChI=1S/C26H20ClN7O/c1-33-15-30-14-24(33)26(29,16-6-8-17(27)9-7-16)23-10-20-19(21-5-3-4-18(12-28)32-21)11-25(35)34(2)22(20)13-31-23/h3-11,13-15H,29H2,1-2H3/t26-/m1/s1. The first-order valence-corrected chi connectivity index (χ1v) is 11.1. The molecule has 0 fully saturated rings. The number of aryl methyl sites for hydroxylation is 2. The maximum Gasteiger partial charge on any atom is 0.251 e. The molecular formula is C26H20ClN7O. The van der Waals surface area contributed by atoms with E-state index in [0.717, 1.165) is 16.6 Å². The fourth-order valence-electron chi connectivity index (χ4n) is 4.30. The number of imidazole rings is 1. The van der Waals surface area contributed by atoms with Gasteiger partial charge in [-0.1, -0.05) is 29.8 Å². The highest BCUT2D eigenvalue weighted by molar-refractivity contribution is 6.30. The molecule has 0 aliphatic rings. The van der Waals surface area contributed by atoms with Gasteiger partial charge in [-0.25, -0.2) is 9.97 Å². The minimum absolute atomic E-state index is 0.213. The number of nitriles is 1. The van der Waals surface area contributed by atoms with Gasteiger partial charge in [-0.2, -0.15) is 5.26 Å². The Kier molecular flexibility index (Phi) is 5.44. The third-order valence-corrected chi connectivity index (χ3v) is 6.45. The number of rotatable bonds is 4. The van der Waals surface area contributed by atoms with Crippen LogP contribution in [0.3, 0.4) is 0 Å². The van der Waals surface area contributed by atoms with Crippen LogP contribution < -0.4 is 11.3 Å². The van der Waals surface area contributed by atoms with Crippen LogP contribution in [0.25, 0.3) is 22.2 Å². The van der Waals surface area contributed by atoms with Crippen molar-refractivity contribution in [2.24, 2.45) is 19.8 Å². The number of aromatic nitrogens is 5. The molecule has 5 aromatic rings. The summed E-state index contributed by atoms with van der Waals surface area (Å²) < 4.78 is 3.37. The lowest BCUT2D eigenvalue weighted by atomic mass is 9.83. The molecule has 35 heavy (non-hydrogen) atoms. The Morgan fingerprint density at radius 2 is 1.86 bits per heavy atom. The monoisotopic (exact) mass is 481 g/mol. The topological polar surface area (TPSA) is 115 Å². The van der Waals surface area contributed by atoms with E-state index < -0.39 is 5.54 Å². The molecule has 0 aliphatic carbocycles. The van der Waals surface area contributed by atoms with E-state index in [2.05, 4.69) is 16.0 Å². The molecule has 0 radical (unpaired) electrons. The average Bonchev–Trinajstić information content (AvgIpc) is 3.32. The zero-order chi connectivity index (χ0) is 24.7. The highest BCUT2D eigenvalue weighted by Crippen LogP contribution is 2.36. The molecule has 4 aromatic heterocycles. The Morgan fingerprint density at radius 1 is 1.09 bits per heavy atom. The molecule has 1 atom stereocenters. The summed E-state index contributed by atoms with van der Waals surface area (Å²) in [4.78, 5) is 26.1. The molecule has 2 N–H and O–H groups in total. The number of benzene rings is 1. The van der Waals surface area contributed by atoms with Crippen LogP contribution in [0.1, 0.15) is 22.6 Å². The summed E-state index contributed by atoms with van der Waals surface area (Å²) in [7, 11) is 3.55. The molecule has 1 aromatic carbocycles. The number of nitrogens with two attached hydrogens (primary N) is 1. The molecule has 0 spiro atoms. The van der Waals surface area contributed by atoms with Crippen LogP contribution in [-0.4, -0.2) is 24.1 Å². The Hall–Kier alpha value is -4.32. The summed E-state index contributed by atoms with van der Waals surface area (Å²) in [5, 5.41) is 10.6. The van der Waals surface area contributed by atoms with E-state index in [1.54, 1.807) is 56.1 Å². The molecular weight excluding hydrogens is 462 g/mol. The Morgan fingerprint density at radius 3 is 2.54 bits per heavy atom. The second-order valence-electron chi connectivity index (χ2n) is 8.27. The van der Waals surface area contributed by atoms with E-state index in [9.17, 15) is 10.1 Å². The van der Waals surface area contributed by atoms with E-state index in [1.165, 1.54) is 10.6 Å². The summed E-state index contributed by atoms with van der Waals surface area (Å²) in [5.74, 6) is 0. The van der Waals surface area contributed by atoms with E-state index in [4.69, 9.17) is 22.3 Å². The smallest absolute Gasteiger partial charge is 0.251 e. The molecule has 0 saturated carbocycles. The second kappa shape index (κ2) is 8.47. The molecule has 9 heteroatoms. The highest BCUT2D eigenvalue weighted by atomic mass is 35.5. The van der Waals surface area contributed by atoms with Crippen molar-refractivity contribution in [3.05, 3.63) is 111 Å². The van der Waals surface area contributed by atoms with Gasteiger partial charge in [0.2, 0.25) is 0 Å². The third-order valence-electron chi connectivity index (χ3n) is 6.20. The van der Waals surface area contributed by atoms with Crippen LogP contribution >= 0.6 is 11.6 Å². The molecule has 172 valence electrons. The van der Waals surface area contributed by atoms with Gasteiger partial charge in [0.1, 0.15) is 17.3 Å². The van der Waals surface area contributed by atoms with Gasteiger partial charge in [-0.15, -0.1) is 0 Å². The van der Waals surface area contributed by atoms with E-state index in [1.807, 2.05) is 29.8 Å². The first-order chi connectivity index (χ1) is 16.8. The van der Waals surface area contributed by atoms with Crippen LogP contribution in [0.2, 0.25) is 5.02 Å². The van der Waals surface area contributed by atoms with Gasteiger partial charge in [0.25, 0.3) is 5.56 Å². The quantitative estimate of drug-likeness (QED) is 0.420. The lowest BCUT2D eigenvalue weighted by Crippen LogP contribution is -2.41. The fraction of sp³-hybridized carbons (Fsp3) is 0.115. The Balaban J connectivity index is 1.84. The lowest BCUT2D eigenvalue weighted by molar-refractivity contribution is 0.579. The summed E-state index contributed by atoms with van der Waals surface area (Å²) in [6.45, 7) is 0. The van der Waals surface area contributed by atoms with Crippen LogP contribution in [0, 0.1) is 11.3 Å². The van der Waals surface area contributed by atoms with Crippen molar-refractivity contribution in [3.8, 4) is 17.3 Å². The summed E-state index contributed by atoms with van der Waals surface area (Å²) >= 11 is 6.15. The van der Waals surface area contributed by atoms with Crippen molar-refractivity contribution >= 4 is 22.5 Å². The predicted molar refractivity (Wildman–Crippen MR) is 134 cm³/mol. The van der Waals surface area contributed by atoms with Crippen molar-refractivity contribution in [2.45, 2.75) is 5.54 Å². The van der Waals surface area contributed by atoms with Gasteiger partial charge in [0, 0.05) is 36.1 Å². The molecule has 4 heterocycles. The normalized spacial score (nSPS) is 12.9. The fourth-order valence-corrected chi connectivity index (χ4v) is 4.43. The molecule has 0 unspecified atom stereocenters. The van der Waals surface area contributed by atoms with Crippen molar-refractivity contribution < 1.29 is 0 Å². The third kappa shape index (κ3) is 3.67. The van der Waals surface area contributed by atoms with Gasteiger partial charge < -0.3 is 14.9 Å². The summed E-state index contributed by atoms with van der Waals surface area (Å²) in [6.07, 6.45) is 5.03. The van der Waals surface area contributed by atoms with E-state index >= 15 is 0 Å². The second-order valence-corrected chi connectivity index (χ2v) is 8.70. The van der Waals surface area contributed by atoms with Crippen LogP contribution in [0.15, 0.2) is 78.1 Å². The molecule has 0 aliphatic heterocycles. The predicted octanol–water partition coefficient (Wildman–Crippen LogP) is 3.50. The Bertz CT molecular complexity index is 1680.